The molecule has 31 heavy (non-hydrogen) atoms. The van der Waals surface area contributed by atoms with E-state index in [9.17, 15) is 34.2 Å². The molecule has 1 fully saturated rings. The van der Waals surface area contributed by atoms with Crippen LogP contribution in [0.2, 0.25) is 0 Å². The fourth-order valence-corrected chi connectivity index (χ4v) is 3.17. The second-order valence-corrected chi connectivity index (χ2v) is 7.99. The number of carboxylic acid groups (broad SMARTS) is 1. The molecule has 176 valence electrons. The normalized spacial score (nSPS) is 18.6. The summed E-state index contributed by atoms with van der Waals surface area (Å²) in [6.07, 6.45) is 1.21. The van der Waals surface area contributed by atoms with E-state index in [0.717, 1.165) is 6.42 Å². The summed E-state index contributed by atoms with van der Waals surface area (Å²) in [5, 5.41) is 29.0. The number of amides is 4. The number of aliphatic carboxylic acids is 1. The van der Waals surface area contributed by atoms with Crippen LogP contribution in [0.5, 0.6) is 0 Å². The van der Waals surface area contributed by atoms with Crippen molar-refractivity contribution < 1.29 is 34.2 Å². The maximum absolute atomic E-state index is 12.7. The van der Waals surface area contributed by atoms with E-state index in [-0.39, 0.29) is 25.2 Å². The second kappa shape index (κ2) is 12.8. The molecule has 0 aromatic rings. The molecule has 1 heterocycles. The molecule has 0 radical (unpaired) electrons. The Morgan fingerprint density at radius 3 is 2.13 bits per heavy atom. The average Bonchev–Trinajstić information content (AvgIpc) is 3.22. The van der Waals surface area contributed by atoms with Crippen molar-refractivity contribution in [1.29, 1.82) is 0 Å². The maximum atomic E-state index is 12.7. The molecule has 4 atom stereocenters. The molecule has 4 amide bonds. The van der Waals surface area contributed by atoms with Crippen molar-refractivity contribution in [1.82, 2.24) is 21.3 Å². The van der Waals surface area contributed by atoms with E-state index < -0.39 is 60.4 Å². The highest BCUT2D eigenvalue weighted by molar-refractivity contribution is 5.94. The maximum Gasteiger partial charge on any atom is 0.326 e. The van der Waals surface area contributed by atoms with Crippen LogP contribution >= 0.6 is 0 Å². The Kier molecular flexibility index (Phi) is 10.9. The lowest BCUT2D eigenvalue weighted by Crippen LogP contribution is -2.58. The first-order valence-electron chi connectivity index (χ1n) is 10.3. The zero-order valence-electron chi connectivity index (χ0n) is 17.8. The van der Waals surface area contributed by atoms with E-state index in [4.69, 9.17) is 5.73 Å². The molecule has 0 spiro atoms. The van der Waals surface area contributed by atoms with E-state index in [1.165, 1.54) is 0 Å². The number of primary amides is 1. The highest BCUT2D eigenvalue weighted by Crippen LogP contribution is 2.08. The Balaban J connectivity index is 2.80. The van der Waals surface area contributed by atoms with E-state index in [0.29, 0.717) is 13.0 Å². The van der Waals surface area contributed by atoms with Crippen molar-refractivity contribution in [2.45, 2.75) is 70.1 Å². The van der Waals surface area contributed by atoms with Crippen LogP contribution < -0.4 is 27.0 Å². The standard InChI is InChI=1S/C19H33N5O7/c1-10(2)8-13(17(28)22-12(19(30)31)5-6-15(20)26)23-18(29)14(9-25)24-16(27)11-4-3-7-21-11/h10-14,21,25H,3-9H2,1-2H3,(H2,20,26)(H,22,28)(H,23,29)(H,24,27)(H,30,31). The predicted molar refractivity (Wildman–Crippen MR) is 109 cm³/mol. The number of rotatable bonds is 13. The number of aliphatic hydroxyl groups excluding tert-OH is 1. The number of nitrogens with two attached hydrogens (primary N) is 1. The van der Waals surface area contributed by atoms with Crippen molar-refractivity contribution >= 4 is 29.6 Å². The van der Waals surface area contributed by atoms with Gasteiger partial charge in [0.1, 0.15) is 18.1 Å². The van der Waals surface area contributed by atoms with E-state index >= 15 is 0 Å². The van der Waals surface area contributed by atoms with Crippen molar-refractivity contribution in [2.24, 2.45) is 11.7 Å². The predicted octanol–water partition coefficient (Wildman–Crippen LogP) is -2.42. The SMILES string of the molecule is CC(C)CC(NC(=O)C(CO)NC(=O)C1CCCN1)C(=O)NC(CCC(N)=O)C(=O)O. The molecule has 1 saturated heterocycles. The number of hydrogen-bond acceptors (Lipinski definition) is 7. The topological polar surface area (TPSA) is 200 Å². The van der Waals surface area contributed by atoms with Gasteiger partial charge in [-0.2, -0.15) is 0 Å². The Bertz CT molecular complexity index is 664. The molecule has 0 aliphatic carbocycles. The summed E-state index contributed by atoms with van der Waals surface area (Å²) in [5.41, 5.74) is 5.03. The smallest absolute Gasteiger partial charge is 0.326 e. The largest absolute Gasteiger partial charge is 0.480 e. The molecule has 0 aromatic carbocycles. The lowest BCUT2D eigenvalue weighted by atomic mass is 10.0. The molecule has 4 unspecified atom stereocenters. The summed E-state index contributed by atoms with van der Waals surface area (Å²) in [6.45, 7) is 3.64. The van der Waals surface area contributed by atoms with Crippen molar-refractivity contribution in [3.8, 4) is 0 Å². The monoisotopic (exact) mass is 443 g/mol. The third kappa shape index (κ3) is 9.30. The third-order valence-corrected chi connectivity index (χ3v) is 4.83. The van der Waals surface area contributed by atoms with Crippen LogP contribution in [0.15, 0.2) is 0 Å². The number of carbonyl (C=O) groups excluding carboxylic acids is 4. The molecular weight excluding hydrogens is 410 g/mol. The van der Waals surface area contributed by atoms with Crippen LogP contribution in [-0.4, -0.2) is 77.1 Å². The summed E-state index contributed by atoms with van der Waals surface area (Å²) in [6, 6.07) is -4.16. The molecule has 1 aliphatic heterocycles. The fraction of sp³-hybridized carbons (Fsp3) is 0.737. The summed E-state index contributed by atoms with van der Waals surface area (Å²) in [7, 11) is 0. The van der Waals surface area contributed by atoms with Crippen LogP contribution in [-0.2, 0) is 24.0 Å². The van der Waals surface area contributed by atoms with Crippen LogP contribution in [0.1, 0.15) is 46.0 Å². The lowest BCUT2D eigenvalue weighted by Gasteiger charge is -2.25. The van der Waals surface area contributed by atoms with Gasteiger partial charge < -0.3 is 37.2 Å². The van der Waals surface area contributed by atoms with E-state index in [1.54, 1.807) is 0 Å². The van der Waals surface area contributed by atoms with Gasteiger partial charge in [0.25, 0.3) is 0 Å². The molecule has 12 nitrogen and oxygen atoms in total. The molecule has 8 N–H and O–H groups in total. The van der Waals surface area contributed by atoms with Gasteiger partial charge in [-0.25, -0.2) is 4.79 Å². The first-order valence-corrected chi connectivity index (χ1v) is 10.3. The van der Waals surface area contributed by atoms with Gasteiger partial charge in [-0.05, 0) is 38.1 Å². The lowest BCUT2D eigenvalue weighted by molar-refractivity contribution is -0.142. The third-order valence-electron chi connectivity index (χ3n) is 4.83. The van der Waals surface area contributed by atoms with Gasteiger partial charge in [0.2, 0.25) is 23.6 Å². The summed E-state index contributed by atoms with van der Waals surface area (Å²) in [5.74, 6) is -4.01. The summed E-state index contributed by atoms with van der Waals surface area (Å²) in [4.78, 5) is 59.8. The number of carbonyl (C=O) groups is 5. The molecule has 1 aliphatic rings. The molecular formula is C19H33N5O7. The minimum Gasteiger partial charge on any atom is -0.480 e. The molecule has 12 heteroatoms. The van der Waals surface area contributed by atoms with Gasteiger partial charge in [-0.15, -0.1) is 0 Å². The second-order valence-electron chi connectivity index (χ2n) is 7.99. The molecule has 1 rings (SSSR count). The molecule has 0 bridgehead atoms. The van der Waals surface area contributed by atoms with Crippen LogP contribution in [0, 0.1) is 5.92 Å². The van der Waals surface area contributed by atoms with Gasteiger partial charge in [0.05, 0.1) is 12.6 Å². The fourth-order valence-electron chi connectivity index (χ4n) is 3.17. The Morgan fingerprint density at radius 1 is 1.03 bits per heavy atom. The zero-order valence-corrected chi connectivity index (χ0v) is 17.8. The van der Waals surface area contributed by atoms with Gasteiger partial charge >= 0.3 is 5.97 Å². The first kappa shape index (κ1) is 26.3. The quantitative estimate of drug-likeness (QED) is 0.163. The number of carboxylic acids is 1. The highest BCUT2D eigenvalue weighted by atomic mass is 16.4. The zero-order chi connectivity index (χ0) is 23.6. The number of nitrogens with one attached hydrogen (secondary N) is 4. The van der Waals surface area contributed by atoms with Gasteiger partial charge in [0.15, 0.2) is 0 Å². The van der Waals surface area contributed by atoms with E-state index in [1.807, 2.05) is 13.8 Å². The summed E-state index contributed by atoms with van der Waals surface area (Å²) >= 11 is 0. The van der Waals surface area contributed by atoms with Gasteiger partial charge in [0, 0.05) is 6.42 Å². The van der Waals surface area contributed by atoms with Crippen LogP contribution in [0.25, 0.3) is 0 Å². The van der Waals surface area contributed by atoms with E-state index in [2.05, 4.69) is 21.3 Å². The average molecular weight is 444 g/mol. The van der Waals surface area contributed by atoms with Crippen LogP contribution in [0.3, 0.4) is 0 Å². The van der Waals surface area contributed by atoms with Gasteiger partial charge in [-0.3, -0.25) is 19.2 Å². The van der Waals surface area contributed by atoms with Crippen molar-refractivity contribution in [3.63, 3.8) is 0 Å². The Morgan fingerprint density at radius 2 is 1.65 bits per heavy atom. The summed E-state index contributed by atoms with van der Waals surface area (Å²) < 4.78 is 0. The van der Waals surface area contributed by atoms with Crippen molar-refractivity contribution in [3.05, 3.63) is 0 Å². The number of hydrogen-bond donors (Lipinski definition) is 7. The van der Waals surface area contributed by atoms with Crippen molar-refractivity contribution in [2.75, 3.05) is 13.2 Å². The molecule has 0 aromatic heterocycles. The number of aliphatic hydroxyl groups is 1. The minimum absolute atomic E-state index is 0.0326. The molecule has 0 saturated carbocycles. The highest BCUT2D eigenvalue weighted by Gasteiger charge is 2.31. The first-order chi connectivity index (χ1) is 14.5. The Hall–Kier alpha value is -2.73. The van der Waals surface area contributed by atoms with Gasteiger partial charge in [-0.1, -0.05) is 13.8 Å². The minimum atomic E-state index is -1.35. The van der Waals surface area contributed by atoms with Crippen LogP contribution in [0.4, 0.5) is 0 Å². The Labute approximate surface area is 180 Å².